The summed E-state index contributed by atoms with van der Waals surface area (Å²) in [6.45, 7) is 12.4. The topological polar surface area (TPSA) is 29.3 Å². The van der Waals surface area contributed by atoms with Crippen molar-refractivity contribution < 1.29 is 0 Å². The molecule has 11 heavy (non-hydrogen) atoms. The minimum absolute atomic E-state index is 0.106. The average Bonchev–Trinajstić information content (AvgIpc) is 2.03. The van der Waals surface area contributed by atoms with Gasteiger partial charge in [-0.15, -0.1) is 19.7 Å². The summed E-state index contributed by atoms with van der Waals surface area (Å²) in [5.74, 6) is 0. The van der Waals surface area contributed by atoms with Crippen molar-refractivity contribution in [2.75, 3.05) is 13.1 Å². The van der Waals surface area contributed by atoms with Crippen LogP contribution < -0.4 is 5.73 Å². The zero-order valence-electron chi connectivity index (χ0n) is 6.87. The lowest BCUT2D eigenvalue weighted by Crippen LogP contribution is -2.40. The maximum atomic E-state index is 5.70. The Morgan fingerprint density at radius 2 is 1.64 bits per heavy atom. The Balaban J connectivity index is 3.94. The van der Waals surface area contributed by atoms with Crippen LogP contribution in [0, 0.1) is 0 Å². The van der Waals surface area contributed by atoms with Crippen molar-refractivity contribution in [1.29, 1.82) is 0 Å². The van der Waals surface area contributed by atoms with Gasteiger partial charge in [-0.2, -0.15) is 0 Å². The molecule has 2 heteroatoms. The molecule has 0 heterocycles. The third-order valence-electron chi connectivity index (χ3n) is 1.39. The largest absolute Gasteiger partial charge is 0.312 e. The molecule has 0 aromatic carbocycles. The van der Waals surface area contributed by atoms with Crippen LogP contribution in [0.15, 0.2) is 38.0 Å². The number of nitrogens with zero attached hydrogens (tertiary/aromatic N) is 1. The Kier molecular flexibility index (Phi) is 5.43. The molecule has 2 N–H and O–H groups in total. The van der Waals surface area contributed by atoms with Crippen molar-refractivity contribution in [3.05, 3.63) is 38.0 Å². The first-order chi connectivity index (χ1) is 5.26. The fourth-order valence-electron chi connectivity index (χ4n) is 0.799. The lowest BCUT2D eigenvalue weighted by Gasteiger charge is -2.23. The summed E-state index contributed by atoms with van der Waals surface area (Å²) in [7, 11) is 0. The second-order valence-electron chi connectivity index (χ2n) is 2.26. The molecule has 0 aromatic heterocycles. The van der Waals surface area contributed by atoms with Gasteiger partial charge in [0.15, 0.2) is 0 Å². The van der Waals surface area contributed by atoms with Crippen LogP contribution in [-0.4, -0.2) is 24.2 Å². The standard InChI is InChI=1S/C9H16N2/c1-4-7-11(8-5-2)9(10)6-3/h4-6,9H,1-3,7-8,10H2. The molecule has 0 saturated carbocycles. The van der Waals surface area contributed by atoms with E-state index in [9.17, 15) is 0 Å². The van der Waals surface area contributed by atoms with E-state index >= 15 is 0 Å². The molecular formula is C9H16N2. The van der Waals surface area contributed by atoms with Gasteiger partial charge < -0.3 is 5.73 Å². The molecule has 62 valence electrons. The monoisotopic (exact) mass is 152 g/mol. The summed E-state index contributed by atoms with van der Waals surface area (Å²) in [6.07, 6.45) is 5.22. The number of hydrogen-bond acceptors (Lipinski definition) is 2. The smallest absolute Gasteiger partial charge is 0.0766 e. The van der Waals surface area contributed by atoms with Crippen molar-refractivity contribution in [2.45, 2.75) is 6.17 Å². The fourth-order valence-corrected chi connectivity index (χ4v) is 0.799. The van der Waals surface area contributed by atoms with E-state index in [2.05, 4.69) is 19.7 Å². The van der Waals surface area contributed by atoms with Crippen LogP contribution in [0.1, 0.15) is 0 Å². The maximum absolute atomic E-state index is 5.70. The molecule has 0 amide bonds. The Labute approximate surface area is 68.7 Å². The summed E-state index contributed by atoms with van der Waals surface area (Å²) in [5.41, 5.74) is 5.70. The van der Waals surface area contributed by atoms with Gasteiger partial charge >= 0.3 is 0 Å². The first kappa shape index (κ1) is 10.1. The molecule has 1 unspecified atom stereocenters. The molecule has 0 bridgehead atoms. The second-order valence-corrected chi connectivity index (χ2v) is 2.26. The SMILES string of the molecule is C=CCN(CC=C)C(N)C=C. The highest BCUT2D eigenvalue weighted by Gasteiger charge is 2.05. The Morgan fingerprint density at radius 1 is 1.18 bits per heavy atom. The molecule has 0 rings (SSSR count). The molecule has 0 aliphatic rings. The van der Waals surface area contributed by atoms with Crippen LogP contribution in [0.2, 0.25) is 0 Å². The van der Waals surface area contributed by atoms with Gasteiger partial charge in [-0.1, -0.05) is 18.2 Å². The van der Waals surface area contributed by atoms with Crippen LogP contribution in [0.4, 0.5) is 0 Å². The molecule has 0 aliphatic heterocycles. The van der Waals surface area contributed by atoms with Gasteiger partial charge in [0.25, 0.3) is 0 Å². The van der Waals surface area contributed by atoms with Crippen LogP contribution in [0.3, 0.4) is 0 Å². The third-order valence-corrected chi connectivity index (χ3v) is 1.39. The molecule has 0 spiro atoms. The normalized spacial score (nSPS) is 12.5. The van der Waals surface area contributed by atoms with Crippen LogP contribution in [-0.2, 0) is 0 Å². The lowest BCUT2D eigenvalue weighted by atomic mass is 10.3. The van der Waals surface area contributed by atoms with Gasteiger partial charge in [0.05, 0.1) is 6.17 Å². The molecular weight excluding hydrogens is 136 g/mol. The quantitative estimate of drug-likeness (QED) is 0.456. The zero-order valence-corrected chi connectivity index (χ0v) is 6.87. The molecule has 0 aromatic rings. The first-order valence-corrected chi connectivity index (χ1v) is 3.60. The van der Waals surface area contributed by atoms with E-state index in [1.54, 1.807) is 6.08 Å². The van der Waals surface area contributed by atoms with Crippen molar-refractivity contribution in [3.8, 4) is 0 Å². The first-order valence-electron chi connectivity index (χ1n) is 3.60. The zero-order chi connectivity index (χ0) is 8.69. The van der Waals surface area contributed by atoms with Crippen LogP contribution >= 0.6 is 0 Å². The van der Waals surface area contributed by atoms with Crippen LogP contribution in [0.5, 0.6) is 0 Å². The summed E-state index contributed by atoms with van der Waals surface area (Å²) >= 11 is 0. The summed E-state index contributed by atoms with van der Waals surface area (Å²) in [4.78, 5) is 2.01. The van der Waals surface area contributed by atoms with E-state index in [0.29, 0.717) is 0 Å². The molecule has 0 fully saturated rings. The predicted molar refractivity (Wildman–Crippen MR) is 50.1 cm³/mol. The van der Waals surface area contributed by atoms with E-state index in [0.717, 1.165) is 13.1 Å². The number of nitrogens with two attached hydrogens (primary N) is 1. The Morgan fingerprint density at radius 3 is 1.91 bits per heavy atom. The summed E-state index contributed by atoms with van der Waals surface area (Å²) < 4.78 is 0. The number of rotatable bonds is 6. The minimum atomic E-state index is -0.106. The summed E-state index contributed by atoms with van der Waals surface area (Å²) in [5, 5.41) is 0. The molecule has 2 nitrogen and oxygen atoms in total. The van der Waals surface area contributed by atoms with Gasteiger partial charge in [-0.05, 0) is 0 Å². The van der Waals surface area contributed by atoms with Gasteiger partial charge in [-0.25, -0.2) is 0 Å². The van der Waals surface area contributed by atoms with Gasteiger partial charge in [0, 0.05) is 13.1 Å². The van der Waals surface area contributed by atoms with Crippen LogP contribution in [0.25, 0.3) is 0 Å². The highest BCUT2D eigenvalue weighted by molar-refractivity contribution is 4.89. The van der Waals surface area contributed by atoms with Gasteiger partial charge in [0.2, 0.25) is 0 Å². The number of hydrogen-bond donors (Lipinski definition) is 1. The molecule has 1 atom stereocenters. The van der Waals surface area contributed by atoms with Gasteiger partial charge in [0.1, 0.15) is 0 Å². The van der Waals surface area contributed by atoms with E-state index < -0.39 is 0 Å². The maximum Gasteiger partial charge on any atom is 0.0766 e. The van der Waals surface area contributed by atoms with E-state index in [4.69, 9.17) is 5.73 Å². The Hall–Kier alpha value is -0.860. The highest BCUT2D eigenvalue weighted by atomic mass is 15.2. The van der Waals surface area contributed by atoms with Crippen molar-refractivity contribution >= 4 is 0 Å². The average molecular weight is 152 g/mol. The Bertz CT molecular complexity index is 130. The third kappa shape index (κ3) is 3.75. The van der Waals surface area contributed by atoms with E-state index in [-0.39, 0.29) is 6.17 Å². The predicted octanol–water partition coefficient (Wildman–Crippen LogP) is 1.13. The van der Waals surface area contributed by atoms with E-state index in [1.165, 1.54) is 0 Å². The van der Waals surface area contributed by atoms with Crippen molar-refractivity contribution in [2.24, 2.45) is 5.73 Å². The van der Waals surface area contributed by atoms with E-state index in [1.807, 2.05) is 17.1 Å². The fraction of sp³-hybridized carbons (Fsp3) is 0.333. The van der Waals surface area contributed by atoms with Crippen molar-refractivity contribution in [1.82, 2.24) is 4.90 Å². The second kappa shape index (κ2) is 5.89. The highest BCUT2D eigenvalue weighted by Crippen LogP contribution is 1.94. The molecule has 0 radical (unpaired) electrons. The summed E-state index contributed by atoms with van der Waals surface area (Å²) in [6, 6.07) is 0. The lowest BCUT2D eigenvalue weighted by molar-refractivity contribution is 0.287. The molecule has 0 saturated heterocycles. The molecule has 0 aliphatic carbocycles. The van der Waals surface area contributed by atoms with Gasteiger partial charge in [-0.3, -0.25) is 4.90 Å². The van der Waals surface area contributed by atoms with Crippen molar-refractivity contribution in [3.63, 3.8) is 0 Å². The minimum Gasteiger partial charge on any atom is -0.312 e.